The molecule has 0 saturated carbocycles. The van der Waals surface area contributed by atoms with Gasteiger partial charge in [-0.3, -0.25) is 0 Å². The fraction of sp³-hybridized carbons (Fsp3) is 0.310. The Morgan fingerprint density at radius 2 is 1.80 bits per heavy atom. The zero-order valence-corrected chi connectivity index (χ0v) is 20.0. The molecule has 0 aliphatic carbocycles. The third kappa shape index (κ3) is 5.78. The van der Waals surface area contributed by atoms with Gasteiger partial charge in [0.25, 0.3) is 5.89 Å². The first-order chi connectivity index (χ1) is 17.2. The number of aliphatic hydroxyl groups excluding tert-OH is 1. The fourth-order valence-electron chi connectivity index (χ4n) is 4.86. The number of hydrogen-bond acceptors (Lipinski definition) is 6. The van der Waals surface area contributed by atoms with Gasteiger partial charge in [-0.25, -0.2) is 0 Å². The van der Waals surface area contributed by atoms with Crippen molar-refractivity contribution in [1.29, 1.82) is 0 Å². The molecule has 5 rings (SSSR count). The number of para-hydroxylation sites is 1. The van der Waals surface area contributed by atoms with Crippen LogP contribution >= 0.6 is 0 Å². The van der Waals surface area contributed by atoms with Crippen LogP contribution in [0.1, 0.15) is 41.6 Å². The highest BCUT2D eigenvalue weighted by molar-refractivity contribution is 5.86. The molecule has 0 bridgehead atoms. The van der Waals surface area contributed by atoms with Crippen LogP contribution in [0, 0.1) is 6.92 Å². The Kier molecular flexibility index (Phi) is 7.21. The lowest BCUT2D eigenvalue weighted by Gasteiger charge is -2.33. The summed E-state index contributed by atoms with van der Waals surface area (Å²) in [7, 11) is 0. The minimum Gasteiger partial charge on any atom is -0.490 e. The molecule has 6 heteroatoms. The van der Waals surface area contributed by atoms with Crippen LogP contribution in [0.25, 0.3) is 22.9 Å². The Balaban J connectivity index is 1.13. The zero-order valence-electron chi connectivity index (χ0n) is 20.0. The molecule has 1 aliphatic heterocycles. The minimum absolute atomic E-state index is 0.244. The van der Waals surface area contributed by atoms with Crippen molar-refractivity contribution in [2.45, 2.75) is 31.8 Å². The summed E-state index contributed by atoms with van der Waals surface area (Å²) >= 11 is 0. The number of nitrogens with zero attached hydrogens (tertiary/aromatic N) is 3. The van der Waals surface area contributed by atoms with Crippen molar-refractivity contribution in [3.8, 4) is 5.75 Å². The van der Waals surface area contributed by atoms with Gasteiger partial charge in [0, 0.05) is 18.2 Å². The smallest absolute Gasteiger partial charge is 0.250 e. The first kappa shape index (κ1) is 23.3. The molecule has 4 aromatic rings. The Bertz CT molecular complexity index is 1290. The molecule has 1 atom stereocenters. The predicted octanol–water partition coefficient (Wildman–Crippen LogP) is 5.32. The highest BCUT2D eigenvalue weighted by Gasteiger charge is 2.23. The van der Waals surface area contributed by atoms with E-state index >= 15 is 0 Å². The van der Waals surface area contributed by atoms with E-state index in [4.69, 9.17) is 9.26 Å². The molecule has 0 radical (unpaired) electrons. The highest BCUT2D eigenvalue weighted by atomic mass is 16.5. The predicted molar refractivity (Wildman–Crippen MR) is 138 cm³/mol. The summed E-state index contributed by atoms with van der Waals surface area (Å²) in [5.74, 6) is 2.32. The zero-order chi connectivity index (χ0) is 24.0. The lowest BCUT2D eigenvalue weighted by atomic mass is 9.86. The minimum atomic E-state index is -0.556. The van der Waals surface area contributed by atoms with E-state index in [2.05, 4.69) is 57.5 Å². The third-order valence-corrected chi connectivity index (χ3v) is 6.62. The topological polar surface area (TPSA) is 71.6 Å². The molecule has 2 heterocycles. The Morgan fingerprint density at radius 1 is 1.03 bits per heavy atom. The van der Waals surface area contributed by atoms with Crippen LogP contribution in [0.5, 0.6) is 5.75 Å². The normalized spacial score (nSPS) is 16.2. The van der Waals surface area contributed by atoms with E-state index in [1.165, 1.54) is 16.3 Å². The molecule has 0 amide bonds. The van der Waals surface area contributed by atoms with Gasteiger partial charge in [0.15, 0.2) is 5.82 Å². The molecule has 35 heavy (non-hydrogen) atoms. The number of β-amino-alcohol motifs (C(OH)–C–C–N with tert-alkyl or cyclic N) is 1. The first-order valence-corrected chi connectivity index (χ1v) is 12.2. The molecular formula is C29H31N3O3. The number of aromatic nitrogens is 2. The summed E-state index contributed by atoms with van der Waals surface area (Å²) in [5.41, 5.74) is 2.35. The molecular weight excluding hydrogens is 438 g/mol. The van der Waals surface area contributed by atoms with Gasteiger partial charge in [-0.05, 0) is 67.3 Å². The summed E-state index contributed by atoms with van der Waals surface area (Å²) in [6.07, 6.45) is 5.29. The molecule has 0 spiro atoms. The van der Waals surface area contributed by atoms with E-state index < -0.39 is 6.10 Å². The summed E-state index contributed by atoms with van der Waals surface area (Å²) in [5, 5.41) is 17.1. The summed E-state index contributed by atoms with van der Waals surface area (Å²) < 4.78 is 11.1. The van der Waals surface area contributed by atoms with Gasteiger partial charge in [0.05, 0.1) is 0 Å². The summed E-state index contributed by atoms with van der Waals surface area (Å²) in [6, 6.07) is 23.0. The highest BCUT2D eigenvalue weighted by Crippen LogP contribution is 2.33. The van der Waals surface area contributed by atoms with Crippen LogP contribution in [0.15, 0.2) is 71.3 Å². The van der Waals surface area contributed by atoms with Crippen molar-refractivity contribution in [2.24, 2.45) is 0 Å². The largest absolute Gasteiger partial charge is 0.490 e. The number of aliphatic hydroxyl groups is 1. The van der Waals surface area contributed by atoms with Gasteiger partial charge < -0.3 is 19.3 Å². The number of likely N-dealkylation sites (tertiary alicyclic amines) is 1. The Morgan fingerprint density at radius 3 is 2.63 bits per heavy atom. The molecule has 1 aromatic heterocycles. The van der Waals surface area contributed by atoms with Crippen molar-refractivity contribution >= 4 is 22.9 Å². The van der Waals surface area contributed by atoms with Gasteiger partial charge >= 0.3 is 0 Å². The third-order valence-electron chi connectivity index (χ3n) is 6.62. The summed E-state index contributed by atoms with van der Waals surface area (Å²) in [6.45, 7) is 4.60. The molecule has 6 nitrogen and oxygen atoms in total. The number of hydrogen-bond donors (Lipinski definition) is 1. The van der Waals surface area contributed by atoms with E-state index in [0.717, 1.165) is 31.5 Å². The van der Waals surface area contributed by atoms with Crippen LogP contribution in [0.3, 0.4) is 0 Å². The van der Waals surface area contributed by atoms with Crippen molar-refractivity contribution in [3.05, 3.63) is 89.6 Å². The maximum Gasteiger partial charge on any atom is 0.250 e. The molecule has 0 unspecified atom stereocenters. The van der Waals surface area contributed by atoms with Crippen LogP contribution < -0.4 is 4.74 Å². The van der Waals surface area contributed by atoms with Crippen molar-refractivity contribution in [1.82, 2.24) is 15.0 Å². The number of piperidine rings is 1. The lowest BCUT2D eigenvalue weighted by Crippen LogP contribution is -2.40. The molecule has 1 aliphatic rings. The van der Waals surface area contributed by atoms with Crippen LogP contribution in [0.2, 0.25) is 0 Å². The SMILES string of the molecule is Cc1noc(/C=C/c2ccccc2OC[C@@H](O)CN2CCC(c3cccc4ccccc34)CC2)n1. The Labute approximate surface area is 205 Å². The maximum absolute atomic E-state index is 10.7. The van der Waals surface area contributed by atoms with Crippen molar-refractivity contribution < 1.29 is 14.4 Å². The number of ether oxygens (including phenoxy) is 1. The van der Waals surface area contributed by atoms with Gasteiger partial charge in [-0.2, -0.15) is 4.98 Å². The van der Waals surface area contributed by atoms with E-state index in [-0.39, 0.29) is 6.61 Å². The van der Waals surface area contributed by atoms with E-state index in [1.807, 2.05) is 30.3 Å². The van der Waals surface area contributed by atoms with E-state index in [0.29, 0.717) is 29.9 Å². The van der Waals surface area contributed by atoms with Crippen molar-refractivity contribution in [3.63, 3.8) is 0 Å². The Hall–Kier alpha value is -3.48. The van der Waals surface area contributed by atoms with Crippen LogP contribution in [-0.4, -0.2) is 52.5 Å². The van der Waals surface area contributed by atoms with E-state index in [9.17, 15) is 5.11 Å². The summed E-state index contributed by atoms with van der Waals surface area (Å²) in [4.78, 5) is 6.53. The van der Waals surface area contributed by atoms with Crippen LogP contribution in [-0.2, 0) is 0 Å². The second kappa shape index (κ2) is 10.8. The average Bonchev–Trinajstić information content (AvgIpc) is 3.32. The number of benzene rings is 3. The number of fused-ring (bicyclic) bond motifs is 1. The van der Waals surface area contributed by atoms with Gasteiger partial charge in [0.2, 0.25) is 0 Å². The number of aryl methyl sites for hydroxylation is 1. The molecule has 180 valence electrons. The van der Waals surface area contributed by atoms with Crippen LogP contribution in [0.4, 0.5) is 0 Å². The van der Waals surface area contributed by atoms with Gasteiger partial charge in [-0.15, -0.1) is 0 Å². The fourth-order valence-corrected chi connectivity index (χ4v) is 4.86. The molecule has 1 fully saturated rings. The molecule has 1 N–H and O–H groups in total. The quantitative estimate of drug-likeness (QED) is 0.377. The second-order valence-electron chi connectivity index (χ2n) is 9.16. The molecule has 1 saturated heterocycles. The lowest BCUT2D eigenvalue weighted by molar-refractivity contribution is 0.0594. The second-order valence-corrected chi connectivity index (χ2v) is 9.16. The monoisotopic (exact) mass is 469 g/mol. The maximum atomic E-state index is 10.7. The van der Waals surface area contributed by atoms with Crippen molar-refractivity contribution in [2.75, 3.05) is 26.2 Å². The molecule has 3 aromatic carbocycles. The number of rotatable bonds is 8. The standard InChI is InChI=1S/C29H31N3O3/c1-21-30-29(35-31-21)14-13-24-8-3-5-12-28(24)34-20-25(33)19-32-17-15-23(16-18-32)27-11-6-9-22-7-2-4-10-26(22)27/h2-14,23,25,33H,15-20H2,1H3/b14-13+/t25-/m0/s1. The van der Waals surface area contributed by atoms with Gasteiger partial charge in [0.1, 0.15) is 18.5 Å². The van der Waals surface area contributed by atoms with E-state index in [1.54, 1.807) is 13.0 Å². The first-order valence-electron chi connectivity index (χ1n) is 12.2. The van der Waals surface area contributed by atoms with Gasteiger partial charge in [-0.1, -0.05) is 65.8 Å². The average molecular weight is 470 g/mol.